The zero-order valence-corrected chi connectivity index (χ0v) is 21.5. The van der Waals surface area contributed by atoms with E-state index in [0.29, 0.717) is 0 Å². The Balaban J connectivity index is 2.14. The maximum atomic E-state index is 11.5. The molecule has 170 valence electrons. The van der Waals surface area contributed by atoms with Crippen LogP contribution in [0.25, 0.3) is 0 Å². The van der Waals surface area contributed by atoms with E-state index in [4.69, 9.17) is 9.17 Å². The van der Waals surface area contributed by atoms with Gasteiger partial charge in [0.05, 0.1) is 6.10 Å². The highest BCUT2D eigenvalue weighted by Crippen LogP contribution is 2.47. The van der Waals surface area contributed by atoms with E-state index >= 15 is 0 Å². The van der Waals surface area contributed by atoms with E-state index in [1.165, 1.54) is 23.2 Å². The van der Waals surface area contributed by atoms with Crippen molar-refractivity contribution in [2.24, 2.45) is 5.41 Å². The van der Waals surface area contributed by atoms with Crippen LogP contribution in [0.3, 0.4) is 0 Å². The van der Waals surface area contributed by atoms with Crippen LogP contribution in [0.2, 0.25) is 0 Å². The lowest BCUT2D eigenvalue weighted by molar-refractivity contribution is 0.140. The van der Waals surface area contributed by atoms with E-state index in [9.17, 15) is 5.11 Å². The number of rotatable bonds is 5. The Bertz CT molecular complexity index is 926. The Morgan fingerprint density at radius 3 is 2.29 bits per heavy atom. The number of benzene rings is 1. The summed E-state index contributed by atoms with van der Waals surface area (Å²) in [5, 5.41) is 11.5. The van der Waals surface area contributed by atoms with Gasteiger partial charge >= 0.3 is 0 Å². The topological polar surface area (TPSA) is 42.4 Å². The molecule has 0 bridgehead atoms. The molecule has 4 heteroatoms. The minimum atomic E-state index is -0.700. The molecule has 2 aromatic rings. The number of aliphatic hydroxyl groups is 1. The largest absolute Gasteiger partial charge is 0.384 e. The third-order valence-corrected chi connectivity index (χ3v) is 6.91. The van der Waals surface area contributed by atoms with Crippen molar-refractivity contribution in [1.29, 1.82) is 0 Å². The average molecular weight is 442 g/mol. The van der Waals surface area contributed by atoms with Crippen LogP contribution in [0.1, 0.15) is 112 Å². The molecular weight excluding hydrogens is 402 g/mol. The molecule has 1 heterocycles. The zero-order valence-electron chi connectivity index (χ0n) is 20.7. The molecule has 1 aromatic heterocycles. The quantitative estimate of drug-likeness (QED) is 0.498. The van der Waals surface area contributed by atoms with Gasteiger partial charge < -0.3 is 9.29 Å². The highest BCUT2D eigenvalue weighted by molar-refractivity contribution is 7.93. The predicted molar refractivity (Wildman–Crippen MR) is 132 cm³/mol. The molecule has 0 fully saturated rings. The minimum Gasteiger partial charge on any atom is -0.384 e. The van der Waals surface area contributed by atoms with Crippen LogP contribution in [0.15, 0.2) is 24.3 Å². The summed E-state index contributed by atoms with van der Waals surface area (Å²) in [5.41, 5.74) is 7.82. The molecule has 3 rings (SSSR count). The maximum Gasteiger partial charge on any atom is 0.106 e. The van der Waals surface area contributed by atoms with Crippen molar-refractivity contribution >= 4 is 12.0 Å². The number of hydrogen-bond donors (Lipinski definition) is 1. The molecule has 0 aliphatic heterocycles. The first kappa shape index (κ1) is 24.3. The van der Waals surface area contributed by atoms with Crippen LogP contribution in [0, 0.1) is 12.3 Å². The summed E-state index contributed by atoms with van der Waals surface area (Å²) in [4.78, 5) is 5.16. The molecule has 0 saturated carbocycles. The van der Waals surface area contributed by atoms with Gasteiger partial charge in [-0.3, -0.25) is 4.98 Å². The average Bonchev–Trinajstić information content (AvgIpc) is 2.65. The van der Waals surface area contributed by atoms with Crippen molar-refractivity contribution < 1.29 is 9.29 Å². The fourth-order valence-electron chi connectivity index (χ4n) is 4.83. The Hall–Kier alpha value is -1.36. The van der Waals surface area contributed by atoms with Crippen molar-refractivity contribution in [3.8, 4) is 0 Å². The zero-order chi connectivity index (χ0) is 23.1. The van der Waals surface area contributed by atoms with E-state index in [-0.39, 0.29) is 22.9 Å². The van der Waals surface area contributed by atoms with Gasteiger partial charge in [0.15, 0.2) is 0 Å². The number of pyridine rings is 1. The van der Waals surface area contributed by atoms with Crippen LogP contribution < -0.4 is 0 Å². The standard InChI is InChI=1S/C27H39NO2S/c1-16(2)24-23(25(29)18-10-12-19(13-11-18)26(4,5)6)17(3)22-20(28-24)14-27(7,8)15-21(22)30-31-9/h10-13,16,21,25,29H,14-15H2,1-9H3/t21?,25-/m1/s1. The Kier molecular flexibility index (Phi) is 6.96. The van der Waals surface area contributed by atoms with Crippen LogP contribution in [0.4, 0.5) is 0 Å². The van der Waals surface area contributed by atoms with Gasteiger partial charge in [-0.25, -0.2) is 0 Å². The second-order valence-electron chi connectivity index (χ2n) is 11.1. The molecular formula is C27H39NO2S. The van der Waals surface area contributed by atoms with E-state index in [1.807, 2.05) is 6.26 Å². The second kappa shape index (κ2) is 8.88. The van der Waals surface area contributed by atoms with Crippen molar-refractivity contribution in [3.05, 3.63) is 63.5 Å². The molecule has 0 radical (unpaired) electrons. The molecule has 1 unspecified atom stereocenters. The van der Waals surface area contributed by atoms with Crippen molar-refractivity contribution in [1.82, 2.24) is 4.98 Å². The summed E-state index contributed by atoms with van der Waals surface area (Å²) in [7, 11) is 0. The van der Waals surface area contributed by atoms with Gasteiger partial charge in [0.2, 0.25) is 0 Å². The highest BCUT2D eigenvalue weighted by atomic mass is 32.2. The Morgan fingerprint density at radius 2 is 1.77 bits per heavy atom. The lowest BCUT2D eigenvalue weighted by Gasteiger charge is -2.38. The molecule has 0 saturated heterocycles. The monoisotopic (exact) mass is 441 g/mol. The first-order valence-electron chi connectivity index (χ1n) is 11.4. The summed E-state index contributed by atoms with van der Waals surface area (Å²) >= 11 is 1.42. The molecule has 31 heavy (non-hydrogen) atoms. The number of aromatic nitrogens is 1. The van der Waals surface area contributed by atoms with Crippen LogP contribution in [-0.2, 0) is 16.0 Å². The van der Waals surface area contributed by atoms with Crippen LogP contribution in [-0.4, -0.2) is 16.3 Å². The van der Waals surface area contributed by atoms with Gasteiger partial charge in [-0.1, -0.05) is 72.7 Å². The van der Waals surface area contributed by atoms with Crippen molar-refractivity contribution in [3.63, 3.8) is 0 Å². The summed E-state index contributed by atoms with van der Waals surface area (Å²) in [6.45, 7) is 17.7. The smallest absolute Gasteiger partial charge is 0.106 e. The molecule has 1 aromatic carbocycles. The molecule has 3 nitrogen and oxygen atoms in total. The van der Waals surface area contributed by atoms with Gasteiger partial charge in [0.1, 0.15) is 6.10 Å². The predicted octanol–water partition coefficient (Wildman–Crippen LogP) is 7.20. The fraction of sp³-hybridized carbons (Fsp3) is 0.593. The van der Waals surface area contributed by atoms with E-state index in [0.717, 1.165) is 40.9 Å². The molecule has 1 aliphatic carbocycles. The summed E-state index contributed by atoms with van der Waals surface area (Å²) < 4.78 is 6.11. The van der Waals surface area contributed by atoms with E-state index in [1.54, 1.807) is 0 Å². The van der Waals surface area contributed by atoms with Crippen LogP contribution in [0.5, 0.6) is 0 Å². The lowest BCUT2D eigenvalue weighted by atomic mass is 9.72. The number of nitrogens with zero attached hydrogens (tertiary/aromatic N) is 1. The third kappa shape index (κ3) is 5.02. The van der Waals surface area contributed by atoms with Crippen molar-refractivity contribution in [2.75, 3.05) is 6.26 Å². The summed E-state index contributed by atoms with van der Waals surface area (Å²) in [6.07, 6.45) is 3.17. The highest BCUT2D eigenvalue weighted by Gasteiger charge is 2.37. The third-order valence-electron chi connectivity index (χ3n) is 6.48. The number of fused-ring (bicyclic) bond motifs is 1. The Labute approximate surface area is 193 Å². The summed E-state index contributed by atoms with van der Waals surface area (Å²) in [6, 6.07) is 8.40. The molecule has 1 aliphatic rings. The number of hydrogen-bond acceptors (Lipinski definition) is 4. The van der Waals surface area contributed by atoms with Gasteiger partial charge in [-0.15, -0.1) is 0 Å². The van der Waals surface area contributed by atoms with Gasteiger partial charge in [0, 0.05) is 28.8 Å². The van der Waals surface area contributed by atoms with Gasteiger partial charge in [0.25, 0.3) is 0 Å². The molecule has 0 amide bonds. The molecule has 1 N–H and O–H groups in total. The SMILES string of the molecule is CSOC1CC(C)(C)Cc2nc(C(C)C)c([C@H](O)c3ccc(C(C)(C)C)cc3)c(C)c21. The first-order valence-corrected chi connectivity index (χ1v) is 12.5. The van der Waals surface area contributed by atoms with Gasteiger partial charge in [-0.2, -0.15) is 0 Å². The molecule has 0 spiro atoms. The normalized spacial score (nSPS) is 19.4. The van der Waals surface area contributed by atoms with E-state index < -0.39 is 6.10 Å². The molecule has 2 atom stereocenters. The summed E-state index contributed by atoms with van der Waals surface area (Å²) in [5.74, 6) is 0.229. The Morgan fingerprint density at radius 1 is 1.16 bits per heavy atom. The number of aliphatic hydroxyl groups excluding tert-OH is 1. The van der Waals surface area contributed by atoms with Gasteiger partial charge in [-0.05, 0) is 65.2 Å². The first-order chi connectivity index (χ1) is 14.4. The minimum absolute atomic E-state index is 0.00308. The van der Waals surface area contributed by atoms with Crippen LogP contribution >= 0.6 is 12.0 Å². The van der Waals surface area contributed by atoms with E-state index in [2.05, 4.69) is 79.7 Å². The van der Waals surface area contributed by atoms with Crippen molar-refractivity contribution in [2.45, 2.75) is 91.8 Å². The maximum absolute atomic E-state index is 11.5. The fourth-order valence-corrected chi connectivity index (χ4v) is 5.22. The second-order valence-corrected chi connectivity index (χ2v) is 11.6. The lowest BCUT2D eigenvalue weighted by Crippen LogP contribution is -2.29.